The van der Waals surface area contributed by atoms with E-state index >= 15 is 0 Å². The fourth-order valence-electron chi connectivity index (χ4n) is 4.22. The lowest BCUT2D eigenvalue weighted by molar-refractivity contribution is 0.0877. The predicted octanol–water partition coefficient (Wildman–Crippen LogP) is 5.20. The molecule has 130 valence electrons. The van der Waals surface area contributed by atoms with E-state index in [-0.39, 0.29) is 18.1 Å². The summed E-state index contributed by atoms with van der Waals surface area (Å²) >= 11 is 0. The fraction of sp³-hybridized carbons (Fsp3) is 0.409. The fourth-order valence-corrected chi connectivity index (χ4v) is 4.22. The van der Waals surface area contributed by atoms with Crippen LogP contribution >= 0.6 is 0 Å². The van der Waals surface area contributed by atoms with Gasteiger partial charge in [0.2, 0.25) is 0 Å². The number of carbonyl (C=O) groups is 1. The largest absolute Gasteiger partial charge is 0.448 e. The highest BCUT2D eigenvalue weighted by Crippen LogP contribution is 2.44. The van der Waals surface area contributed by atoms with Crippen LogP contribution in [0.1, 0.15) is 49.7 Å². The molecule has 4 rings (SSSR count). The lowest BCUT2D eigenvalue weighted by atomic mass is 9.98. The zero-order valence-electron chi connectivity index (χ0n) is 14.8. The van der Waals surface area contributed by atoms with Crippen molar-refractivity contribution in [3.05, 3.63) is 59.7 Å². The Hall–Kier alpha value is -2.29. The average molecular weight is 335 g/mol. The zero-order chi connectivity index (χ0) is 17.2. The third kappa shape index (κ3) is 3.04. The van der Waals surface area contributed by atoms with Crippen LogP contribution in [0.3, 0.4) is 0 Å². The molecule has 0 radical (unpaired) electrons. The summed E-state index contributed by atoms with van der Waals surface area (Å²) < 4.78 is 5.79. The Bertz CT molecular complexity index is 725. The van der Waals surface area contributed by atoms with E-state index in [2.05, 4.69) is 55.5 Å². The maximum atomic E-state index is 12.6. The molecule has 2 aromatic rings. The molecule has 1 atom stereocenters. The van der Waals surface area contributed by atoms with Crippen LogP contribution in [0.25, 0.3) is 11.1 Å². The van der Waals surface area contributed by atoms with Crippen LogP contribution in [0.4, 0.5) is 4.79 Å². The Morgan fingerprint density at radius 2 is 1.64 bits per heavy atom. The molecule has 2 aromatic carbocycles. The minimum Gasteiger partial charge on any atom is -0.448 e. The Morgan fingerprint density at radius 3 is 2.32 bits per heavy atom. The van der Waals surface area contributed by atoms with Crippen molar-refractivity contribution in [3.8, 4) is 11.1 Å². The first-order valence-corrected chi connectivity index (χ1v) is 9.37. The second kappa shape index (κ2) is 6.91. The molecule has 0 bridgehead atoms. The molecule has 0 N–H and O–H groups in total. The number of carbonyl (C=O) groups excluding carboxylic acids is 1. The molecule has 3 heteroatoms. The van der Waals surface area contributed by atoms with Crippen molar-refractivity contribution in [2.45, 2.75) is 44.6 Å². The highest BCUT2D eigenvalue weighted by atomic mass is 16.6. The predicted molar refractivity (Wildman–Crippen MR) is 99.7 cm³/mol. The van der Waals surface area contributed by atoms with Crippen molar-refractivity contribution in [2.24, 2.45) is 0 Å². The quantitative estimate of drug-likeness (QED) is 0.755. The summed E-state index contributed by atoms with van der Waals surface area (Å²) in [7, 11) is 0. The van der Waals surface area contributed by atoms with Gasteiger partial charge in [-0.25, -0.2) is 4.79 Å². The summed E-state index contributed by atoms with van der Waals surface area (Å²) in [6.45, 7) is 3.36. The van der Waals surface area contributed by atoms with Crippen molar-refractivity contribution < 1.29 is 9.53 Å². The van der Waals surface area contributed by atoms with Crippen LogP contribution in [0, 0.1) is 0 Å². The number of ether oxygens (including phenoxy) is 1. The van der Waals surface area contributed by atoms with E-state index in [0.29, 0.717) is 6.61 Å². The topological polar surface area (TPSA) is 29.5 Å². The second-order valence-electron chi connectivity index (χ2n) is 7.20. The third-order valence-electron chi connectivity index (χ3n) is 5.62. The summed E-state index contributed by atoms with van der Waals surface area (Å²) in [6.07, 6.45) is 4.40. The van der Waals surface area contributed by atoms with Crippen LogP contribution in [-0.4, -0.2) is 30.2 Å². The summed E-state index contributed by atoms with van der Waals surface area (Å²) in [6, 6.07) is 17.2. The number of amides is 1. The van der Waals surface area contributed by atoms with E-state index in [4.69, 9.17) is 4.74 Å². The normalized spacial score (nSPS) is 19.9. The molecule has 0 saturated carbocycles. The average Bonchev–Trinajstić information content (AvgIpc) is 2.79. The third-order valence-corrected chi connectivity index (χ3v) is 5.62. The van der Waals surface area contributed by atoms with Crippen LogP contribution in [0.15, 0.2) is 48.5 Å². The number of likely N-dealkylation sites (tertiary alicyclic amines) is 1. The van der Waals surface area contributed by atoms with Gasteiger partial charge in [0.25, 0.3) is 0 Å². The molecule has 1 aliphatic heterocycles. The number of nitrogens with zero attached hydrogens (tertiary/aromatic N) is 1. The van der Waals surface area contributed by atoms with Crippen LogP contribution < -0.4 is 0 Å². The van der Waals surface area contributed by atoms with Gasteiger partial charge in [0.1, 0.15) is 6.61 Å². The highest BCUT2D eigenvalue weighted by Gasteiger charge is 2.30. The molecule has 1 amide bonds. The molecule has 1 heterocycles. The molecular formula is C22H25NO2. The Labute approximate surface area is 149 Å². The van der Waals surface area contributed by atoms with E-state index < -0.39 is 0 Å². The minimum absolute atomic E-state index is 0.138. The summed E-state index contributed by atoms with van der Waals surface area (Å²) in [5.74, 6) is 0.138. The monoisotopic (exact) mass is 335 g/mol. The Balaban J connectivity index is 1.52. The first-order chi connectivity index (χ1) is 12.3. The second-order valence-corrected chi connectivity index (χ2v) is 7.20. The molecule has 0 spiro atoms. The zero-order valence-corrected chi connectivity index (χ0v) is 14.8. The highest BCUT2D eigenvalue weighted by molar-refractivity contribution is 5.79. The molecule has 1 aliphatic carbocycles. The van der Waals surface area contributed by atoms with Crippen molar-refractivity contribution in [1.29, 1.82) is 0 Å². The van der Waals surface area contributed by atoms with Crippen molar-refractivity contribution in [3.63, 3.8) is 0 Å². The van der Waals surface area contributed by atoms with Gasteiger partial charge < -0.3 is 9.64 Å². The molecule has 1 saturated heterocycles. The molecule has 25 heavy (non-hydrogen) atoms. The first-order valence-electron chi connectivity index (χ1n) is 9.37. The summed E-state index contributed by atoms with van der Waals surface area (Å²) in [4.78, 5) is 14.6. The van der Waals surface area contributed by atoms with Gasteiger partial charge in [-0.15, -0.1) is 0 Å². The van der Waals surface area contributed by atoms with Crippen LogP contribution in [-0.2, 0) is 4.74 Å². The summed E-state index contributed by atoms with van der Waals surface area (Å²) in [5, 5.41) is 0. The maximum Gasteiger partial charge on any atom is 0.410 e. The smallest absolute Gasteiger partial charge is 0.410 e. The van der Waals surface area contributed by atoms with Gasteiger partial charge in [0.15, 0.2) is 0 Å². The van der Waals surface area contributed by atoms with E-state index in [1.54, 1.807) is 0 Å². The van der Waals surface area contributed by atoms with Gasteiger partial charge in [-0.1, -0.05) is 61.4 Å². The van der Waals surface area contributed by atoms with Gasteiger partial charge in [-0.05, 0) is 42.0 Å². The number of benzene rings is 2. The van der Waals surface area contributed by atoms with Crippen molar-refractivity contribution in [1.82, 2.24) is 4.90 Å². The molecule has 1 fully saturated rings. The molecule has 0 aromatic heterocycles. The van der Waals surface area contributed by atoms with E-state index in [1.807, 2.05) is 4.90 Å². The lowest BCUT2D eigenvalue weighted by Crippen LogP contribution is -2.39. The molecule has 0 unspecified atom stereocenters. The standard InChI is InChI=1S/C22H25NO2/c1-16-9-3-2-8-14-23(16)22(24)25-15-21-19-12-6-4-10-17(19)18-11-5-7-13-20(18)21/h4-7,10-13,16,21H,2-3,8-9,14-15H2,1H3/t16-/m0/s1. The number of hydrogen-bond donors (Lipinski definition) is 0. The molecular weight excluding hydrogens is 310 g/mol. The van der Waals surface area contributed by atoms with E-state index in [9.17, 15) is 4.79 Å². The van der Waals surface area contributed by atoms with E-state index in [0.717, 1.165) is 19.4 Å². The van der Waals surface area contributed by atoms with Gasteiger partial charge in [0.05, 0.1) is 0 Å². The van der Waals surface area contributed by atoms with Crippen LogP contribution in [0.2, 0.25) is 0 Å². The number of rotatable bonds is 2. The van der Waals surface area contributed by atoms with Crippen molar-refractivity contribution in [2.75, 3.05) is 13.2 Å². The van der Waals surface area contributed by atoms with Gasteiger partial charge >= 0.3 is 6.09 Å². The Morgan fingerprint density at radius 1 is 1.00 bits per heavy atom. The van der Waals surface area contributed by atoms with E-state index in [1.165, 1.54) is 35.1 Å². The van der Waals surface area contributed by atoms with Crippen molar-refractivity contribution >= 4 is 6.09 Å². The maximum absolute atomic E-state index is 12.6. The minimum atomic E-state index is -0.156. The van der Waals surface area contributed by atoms with Gasteiger partial charge in [-0.3, -0.25) is 0 Å². The molecule has 3 nitrogen and oxygen atoms in total. The van der Waals surface area contributed by atoms with Gasteiger partial charge in [-0.2, -0.15) is 0 Å². The summed E-state index contributed by atoms with van der Waals surface area (Å²) in [5.41, 5.74) is 5.06. The molecule has 2 aliphatic rings. The lowest BCUT2D eigenvalue weighted by Gasteiger charge is -2.27. The van der Waals surface area contributed by atoms with Crippen LogP contribution in [0.5, 0.6) is 0 Å². The number of fused-ring (bicyclic) bond motifs is 3. The van der Waals surface area contributed by atoms with Gasteiger partial charge in [0, 0.05) is 18.5 Å². The Kier molecular flexibility index (Phi) is 4.48. The number of hydrogen-bond acceptors (Lipinski definition) is 2. The first kappa shape index (κ1) is 16.2. The SMILES string of the molecule is C[C@H]1CCCCCN1C(=O)OCC1c2ccccc2-c2ccccc21.